The van der Waals surface area contributed by atoms with Crippen LogP contribution in [0.4, 0.5) is 17.1 Å². The van der Waals surface area contributed by atoms with Crippen molar-refractivity contribution in [2.75, 3.05) is 22.6 Å². The van der Waals surface area contributed by atoms with Gasteiger partial charge in [0.05, 0.1) is 18.0 Å². The first-order chi connectivity index (χ1) is 12.2. The second-order valence-electron chi connectivity index (χ2n) is 6.02. The molecule has 144 valence electrons. The fraction of sp³-hybridized carbons (Fsp3) is 0.500. The predicted molar refractivity (Wildman–Crippen MR) is 92.4 cm³/mol. The molecule has 1 fully saturated rings. The van der Waals surface area contributed by atoms with Gasteiger partial charge in [0.2, 0.25) is 11.8 Å². The van der Waals surface area contributed by atoms with Gasteiger partial charge in [-0.3, -0.25) is 9.59 Å². The van der Waals surface area contributed by atoms with Crippen molar-refractivity contribution in [3.63, 3.8) is 0 Å². The van der Waals surface area contributed by atoms with Crippen LogP contribution in [0.5, 0.6) is 0 Å². The van der Waals surface area contributed by atoms with Crippen LogP contribution in [0.1, 0.15) is 13.8 Å². The molecule has 1 aliphatic heterocycles. The molecule has 1 aromatic carbocycles. The molecule has 0 bridgehead atoms. The average Bonchev–Trinajstić information content (AvgIpc) is 2.84. The van der Waals surface area contributed by atoms with E-state index in [2.05, 4.69) is 16.0 Å². The van der Waals surface area contributed by atoms with Crippen LogP contribution < -0.4 is 16.0 Å². The number of aliphatic hydroxyl groups excluding tert-OH is 4. The Balaban J connectivity index is 2.25. The first-order valence-corrected chi connectivity index (χ1v) is 7.99. The number of rotatable bonds is 6. The second kappa shape index (κ2) is 8.43. The van der Waals surface area contributed by atoms with Crippen molar-refractivity contribution in [3.8, 4) is 0 Å². The number of ether oxygens (including phenoxy) is 1. The molecule has 1 saturated heterocycles. The Morgan fingerprint density at radius 2 is 1.77 bits per heavy atom. The second-order valence-corrected chi connectivity index (χ2v) is 6.02. The topological polar surface area (TPSA) is 160 Å². The molecule has 1 aromatic rings. The van der Waals surface area contributed by atoms with Gasteiger partial charge in [-0.15, -0.1) is 0 Å². The summed E-state index contributed by atoms with van der Waals surface area (Å²) in [5.74, 6) is -0.622. The first kappa shape index (κ1) is 20.1. The van der Waals surface area contributed by atoms with Crippen LogP contribution in [0.2, 0.25) is 0 Å². The summed E-state index contributed by atoms with van der Waals surface area (Å²) in [6, 6.07) is 4.65. The third kappa shape index (κ3) is 4.68. The molecule has 1 aliphatic rings. The van der Waals surface area contributed by atoms with Crippen LogP contribution >= 0.6 is 0 Å². The van der Waals surface area contributed by atoms with E-state index < -0.39 is 37.3 Å². The van der Waals surface area contributed by atoms with Crippen LogP contribution in [-0.2, 0) is 14.3 Å². The number of hydrogen-bond donors (Lipinski definition) is 7. The summed E-state index contributed by atoms with van der Waals surface area (Å²) in [5.41, 5.74) is 1.12. The highest BCUT2D eigenvalue weighted by Crippen LogP contribution is 2.31. The predicted octanol–water partition coefficient (Wildman–Crippen LogP) is -1.18. The summed E-state index contributed by atoms with van der Waals surface area (Å²) in [5, 5.41) is 46.8. The summed E-state index contributed by atoms with van der Waals surface area (Å²) in [7, 11) is 0. The van der Waals surface area contributed by atoms with Crippen LogP contribution in [-0.4, -0.2) is 69.5 Å². The quantitative estimate of drug-likeness (QED) is 0.330. The number of amides is 2. The molecular weight excluding hydrogens is 346 g/mol. The van der Waals surface area contributed by atoms with E-state index >= 15 is 0 Å². The first-order valence-electron chi connectivity index (χ1n) is 7.99. The number of carbonyl (C=O) groups is 2. The van der Waals surface area contributed by atoms with Gasteiger partial charge >= 0.3 is 0 Å². The SMILES string of the molecule is CC(=O)Nc1ccc(NC(C)=O)c(N[C@H]2O[C@H](C(O)CO)[C@@H](O)[C@H]2O)c1. The molecule has 2 amide bonds. The molecule has 7 N–H and O–H groups in total. The summed E-state index contributed by atoms with van der Waals surface area (Å²) < 4.78 is 5.40. The van der Waals surface area contributed by atoms with E-state index in [1.165, 1.54) is 19.9 Å². The third-order valence-corrected chi connectivity index (χ3v) is 3.82. The minimum Gasteiger partial charge on any atom is -0.394 e. The lowest BCUT2D eigenvalue weighted by molar-refractivity contribution is -0.115. The van der Waals surface area contributed by atoms with E-state index in [0.717, 1.165) is 0 Å². The molecule has 0 radical (unpaired) electrons. The molecule has 1 heterocycles. The van der Waals surface area contributed by atoms with E-state index in [1.54, 1.807) is 12.1 Å². The molecule has 10 heteroatoms. The smallest absolute Gasteiger partial charge is 0.221 e. The highest BCUT2D eigenvalue weighted by molar-refractivity contribution is 5.95. The maximum atomic E-state index is 11.4. The van der Waals surface area contributed by atoms with Gasteiger partial charge in [0.15, 0.2) is 6.23 Å². The van der Waals surface area contributed by atoms with Gasteiger partial charge in [-0.1, -0.05) is 0 Å². The van der Waals surface area contributed by atoms with Crippen molar-refractivity contribution in [2.45, 2.75) is 44.5 Å². The monoisotopic (exact) mass is 369 g/mol. The van der Waals surface area contributed by atoms with Gasteiger partial charge < -0.3 is 41.1 Å². The average molecular weight is 369 g/mol. The Labute approximate surface area is 149 Å². The van der Waals surface area contributed by atoms with Gasteiger partial charge in [-0.05, 0) is 18.2 Å². The van der Waals surface area contributed by atoms with E-state index in [1.807, 2.05) is 0 Å². The van der Waals surface area contributed by atoms with Crippen LogP contribution in [0.15, 0.2) is 18.2 Å². The van der Waals surface area contributed by atoms with Gasteiger partial charge in [0, 0.05) is 19.5 Å². The maximum absolute atomic E-state index is 11.4. The molecule has 0 saturated carbocycles. The molecule has 0 spiro atoms. The zero-order valence-electron chi connectivity index (χ0n) is 14.3. The molecular formula is C16H23N3O7. The van der Waals surface area contributed by atoms with Crippen LogP contribution in [0, 0.1) is 0 Å². The van der Waals surface area contributed by atoms with Gasteiger partial charge in [-0.2, -0.15) is 0 Å². The molecule has 1 unspecified atom stereocenters. The maximum Gasteiger partial charge on any atom is 0.221 e. The Morgan fingerprint density at radius 1 is 1.12 bits per heavy atom. The fourth-order valence-electron chi connectivity index (χ4n) is 2.64. The number of hydrogen-bond acceptors (Lipinski definition) is 8. The Kier molecular flexibility index (Phi) is 6.51. The summed E-state index contributed by atoms with van der Waals surface area (Å²) >= 11 is 0. The number of aliphatic hydroxyl groups is 4. The zero-order valence-corrected chi connectivity index (χ0v) is 14.3. The lowest BCUT2D eigenvalue weighted by Gasteiger charge is -2.21. The van der Waals surface area contributed by atoms with Crippen molar-refractivity contribution in [3.05, 3.63) is 18.2 Å². The normalized spacial score (nSPS) is 26.2. The van der Waals surface area contributed by atoms with Crippen molar-refractivity contribution < 1.29 is 34.8 Å². The van der Waals surface area contributed by atoms with Gasteiger partial charge in [0.1, 0.15) is 24.4 Å². The van der Waals surface area contributed by atoms with E-state index in [4.69, 9.17) is 9.84 Å². The van der Waals surface area contributed by atoms with Gasteiger partial charge in [0.25, 0.3) is 0 Å². The number of nitrogens with one attached hydrogen (secondary N) is 3. The zero-order chi connectivity index (χ0) is 19.4. The largest absolute Gasteiger partial charge is 0.394 e. The highest BCUT2D eigenvalue weighted by Gasteiger charge is 2.46. The molecule has 26 heavy (non-hydrogen) atoms. The highest BCUT2D eigenvalue weighted by atomic mass is 16.6. The van der Waals surface area contributed by atoms with Crippen LogP contribution in [0.25, 0.3) is 0 Å². The van der Waals surface area contributed by atoms with Crippen molar-refractivity contribution in [1.82, 2.24) is 0 Å². The molecule has 0 aromatic heterocycles. The number of carbonyl (C=O) groups excluding carboxylic acids is 2. The number of benzene rings is 1. The summed E-state index contributed by atoms with van der Waals surface area (Å²) in [6.07, 6.45) is -6.48. The Hall–Kier alpha value is -2.24. The van der Waals surface area contributed by atoms with E-state index in [9.17, 15) is 24.9 Å². The molecule has 5 atom stereocenters. The fourth-order valence-corrected chi connectivity index (χ4v) is 2.64. The van der Waals surface area contributed by atoms with E-state index in [-0.39, 0.29) is 11.8 Å². The molecule has 0 aliphatic carbocycles. The lowest BCUT2D eigenvalue weighted by Crippen LogP contribution is -2.40. The molecule has 2 rings (SSSR count). The third-order valence-electron chi connectivity index (χ3n) is 3.82. The molecule has 10 nitrogen and oxygen atoms in total. The Morgan fingerprint density at radius 3 is 2.35 bits per heavy atom. The summed E-state index contributed by atoms with van der Waals surface area (Å²) in [6.45, 7) is 2.02. The minimum atomic E-state index is -1.42. The van der Waals surface area contributed by atoms with Gasteiger partial charge in [-0.25, -0.2) is 0 Å². The van der Waals surface area contributed by atoms with Crippen molar-refractivity contribution in [1.29, 1.82) is 0 Å². The lowest BCUT2D eigenvalue weighted by atomic mass is 10.1. The standard InChI is InChI=1S/C16H23N3O7/c1-7(21)17-9-3-4-10(18-8(2)22)11(5-9)19-16-14(25)13(24)15(26-16)12(23)6-20/h3-5,12-16,19-20,23-25H,6H2,1-2H3,(H,17,21)(H,18,22)/t12?,13-,14+,15+,16-/m0/s1. The van der Waals surface area contributed by atoms with Crippen molar-refractivity contribution in [2.24, 2.45) is 0 Å². The van der Waals surface area contributed by atoms with Crippen LogP contribution in [0.3, 0.4) is 0 Å². The van der Waals surface area contributed by atoms with E-state index in [0.29, 0.717) is 17.1 Å². The summed E-state index contributed by atoms with van der Waals surface area (Å²) in [4.78, 5) is 22.6. The number of anilines is 3. The van der Waals surface area contributed by atoms with Crippen molar-refractivity contribution >= 4 is 28.9 Å². The Bertz CT molecular complexity index is 669. The minimum absolute atomic E-state index is 0.290.